The molecule has 1 aliphatic heterocycles. The molecule has 3 rings (SSSR count). The summed E-state index contributed by atoms with van der Waals surface area (Å²) in [5, 5.41) is 3.28. The van der Waals surface area contributed by atoms with E-state index < -0.39 is 0 Å². The number of benzene rings is 1. The lowest BCUT2D eigenvalue weighted by Gasteiger charge is -2.16. The van der Waals surface area contributed by atoms with E-state index >= 15 is 0 Å². The first kappa shape index (κ1) is 13.4. The molecule has 0 bridgehead atoms. The fourth-order valence-corrected chi connectivity index (χ4v) is 2.09. The maximum atomic E-state index is 5.81. The number of nitrogens with zero attached hydrogens (tertiary/aromatic N) is 4. The highest BCUT2D eigenvalue weighted by molar-refractivity contribution is 6.00. The van der Waals surface area contributed by atoms with Crippen molar-refractivity contribution in [3.8, 4) is 11.6 Å². The SMILES string of the molecule is CN(C)c1cc(Oc2ccncn2)cc(C2=NCCN2)c1. The van der Waals surface area contributed by atoms with Gasteiger partial charge in [0.25, 0.3) is 0 Å². The molecule has 0 saturated carbocycles. The number of aliphatic imine (C=N–C) groups is 1. The molecule has 6 nitrogen and oxygen atoms in total. The summed E-state index contributed by atoms with van der Waals surface area (Å²) >= 11 is 0. The van der Waals surface area contributed by atoms with Gasteiger partial charge in [-0.15, -0.1) is 0 Å². The number of amidine groups is 1. The number of ether oxygens (including phenoxy) is 1. The zero-order chi connectivity index (χ0) is 14.7. The molecule has 0 atom stereocenters. The Bertz CT molecular complexity index is 654. The second kappa shape index (κ2) is 5.78. The van der Waals surface area contributed by atoms with Crippen molar-refractivity contribution < 1.29 is 4.74 Å². The van der Waals surface area contributed by atoms with E-state index in [0.717, 1.165) is 35.9 Å². The fourth-order valence-electron chi connectivity index (χ4n) is 2.09. The lowest BCUT2D eigenvalue weighted by Crippen LogP contribution is -2.20. The molecule has 0 amide bonds. The highest BCUT2D eigenvalue weighted by atomic mass is 16.5. The van der Waals surface area contributed by atoms with Gasteiger partial charge in [-0.3, -0.25) is 4.99 Å². The largest absolute Gasteiger partial charge is 0.439 e. The second-order valence-electron chi connectivity index (χ2n) is 4.92. The normalized spacial score (nSPS) is 13.5. The van der Waals surface area contributed by atoms with E-state index in [9.17, 15) is 0 Å². The van der Waals surface area contributed by atoms with E-state index in [1.165, 1.54) is 6.33 Å². The molecule has 21 heavy (non-hydrogen) atoms. The first-order valence-electron chi connectivity index (χ1n) is 6.77. The molecule has 1 aromatic carbocycles. The molecule has 108 valence electrons. The van der Waals surface area contributed by atoms with Gasteiger partial charge in [-0.1, -0.05) is 0 Å². The maximum Gasteiger partial charge on any atom is 0.222 e. The molecule has 6 heteroatoms. The molecule has 2 aromatic rings. The molecule has 0 unspecified atom stereocenters. The van der Waals surface area contributed by atoms with E-state index in [0.29, 0.717) is 5.88 Å². The predicted molar refractivity (Wildman–Crippen MR) is 82.3 cm³/mol. The van der Waals surface area contributed by atoms with Gasteiger partial charge in [-0.05, 0) is 12.1 Å². The molecular formula is C15H17N5O. The van der Waals surface area contributed by atoms with Crippen molar-refractivity contribution in [2.45, 2.75) is 0 Å². The standard InChI is InChI=1S/C15H17N5O/c1-20(2)12-7-11(15-17-5-6-18-15)8-13(9-12)21-14-3-4-16-10-19-14/h3-4,7-10H,5-6H2,1-2H3,(H,17,18). The lowest BCUT2D eigenvalue weighted by atomic mass is 10.1. The molecule has 1 N–H and O–H groups in total. The summed E-state index contributed by atoms with van der Waals surface area (Å²) in [4.78, 5) is 14.5. The zero-order valence-electron chi connectivity index (χ0n) is 12.1. The van der Waals surface area contributed by atoms with Crippen molar-refractivity contribution in [1.82, 2.24) is 15.3 Å². The van der Waals surface area contributed by atoms with Crippen LogP contribution in [0.2, 0.25) is 0 Å². The molecule has 0 saturated heterocycles. The van der Waals surface area contributed by atoms with Crippen molar-refractivity contribution in [2.24, 2.45) is 4.99 Å². The first-order chi connectivity index (χ1) is 10.2. The first-order valence-corrected chi connectivity index (χ1v) is 6.77. The van der Waals surface area contributed by atoms with Crippen molar-refractivity contribution in [2.75, 3.05) is 32.1 Å². The van der Waals surface area contributed by atoms with Crippen molar-refractivity contribution in [3.05, 3.63) is 42.4 Å². The topological polar surface area (TPSA) is 62.6 Å². The van der Waals surface area contributed by atoms with E-state index in [2.05, 4.69) is 26.3 Å². The van der Waals surface area contributed by atoms with Crippen LogP contribution in [0.15, 0.2) is 41.8 Å². The third kappa shape index (κ3) is 3.10. The molecule has 0 spiro atoms. The van der Waals surface area contributed by atoms with E-state index in [-0.39, 0.29) is 0 Å². The van der Waals surface area contributed by atoms with Crippen LogP contribution in [0.5, 0.6) is 11.6 Å². The van der Waals surface area contributed by atoms with E-state index in [1.807, 2.05) is 31.1 Å². The van der Waals surface area contributed by atoms with Crippen LogP contribution in [0.25, 0.3) is 0 Å². The minimum Gasteiger partial charge on any atom is -0.439 e. The quantitative estimate of drug-likeness (QED) is 0.925. The van der Waals surface area contributed by atoms with Crippen molar-refractivity contribution in [1.29, 1.82) is 0 Å². The summed E-state index contributed by atoms with van der Waals surface area (Å²) < 4.78 is 5.81. The summed E-state index contributed by atoms with van der Waals surface area (Å²) in [5.41, 5.74) is 2.07. The molecule has 2 heterocycles. The highest BCUT2D eigenvalue weighted by Gasteiger charge is 2.12. The third-order valence-electron chi connectivity index (χ3n) is 3.13. The van der Waals surface area contributed by atoms with Crippen LogP contribution in [0, 0.1) is 0 Å². The maximum absolute atomic E-state index is 5.81. The zero-order valence-corrected chi connectivity index (χ0v) is 12.1. The monoisotopic (exact) mass is 283 g/mol. The van der Waals surface area contributed by atoms with Gasteiger partial charge in [0.15, 0.2) is 0 Å². The van der Waals surface area contributed by atoms with Crippen molar-refractivity contribution in [3.63, 3.8) is 0 Å². The van der Waals surface area contributed by atoms with Gasteiger partial charge in [-0.25, -0.2) is 9.97 Å². The minimum absolute atomic E-state index is 0.521. The van der Waals surface area contributed by atoms with Gasteiger partial charge < -0.3 is 15.0 Å². The Labute approximate surface area is 123 Å². The average molecular weight is 283 g/mol. The van der Waals surface area contributed by atoms with Crippen LogP contribution in [0.3, 0.4) is 0 Å². The van der Waals surface area contributed by atoms with E-state index in [1.54, 1.807) is 12.3 Å². The molecule has 1 aromatic heterocycles. The number of aromatic nitrogens is 2. The summed E-state index contributed by atoms with van der Waals surface area (Å²) in [6.07, 6.45) is 3.12. The van der Waals surface area contributed by atoms with Crippen LogP contribution in [0.4, 0.5) is 5.69 Å². The van der Waals surface area contributed by atoms with Crippen molar-refractivity contribution >= 4 is 11.5 Å². The molecule has 0 fully saturated rings. The van der Waals surface area contributed by atoms with Gasteiger partial charge in [0, 0.05) is 50.2 Å². The fraction of sp³-hybridized carbons (Fsp3) is 0.267. The van der Waals surface area contributed by atoms with Crippen LogP contribution >= 0.6 is 0 Å². The average Bonchev–Trinajstić information content (AvgIpc) is 3.02. The molecule has 0 aliphatic carbocycles. The van der Waals surface area contributed by atoms with Crippen LogP contribution < -0.4 is 15.0 Å². The number of rotatable bonds is 4. The van der Waals surface area contributed by atoms with Crippen LogP contribution in [0.1, 0.15) is 5.56 Å². The second-order valence-corrected chi connectivity index (χ2v) is 4.92. The molecule has 1 aliphatic rings. The Morgan fingerprint density at radius 1 is 1.24 bits per heavy atom. The number of hydrogen-bond donors (Lipinski definition) is 1. The molecular weight excluding hydrogens is 266 g/mol. The summed E-state index contributed by atoms with van der Waals surface area (Å²) in [6.45, 7) is 1.69. The Balaban J connectivity index is 1.95. The summed E-state index contributed by atoms with van der Waals surface area (Å²) in [7, 11) is 3.99. The Morgan fingerprint density at radius 2 is 2.14 bits per heavy atom. The van der Waals surface area contributed by atoms with Gasteiger partial charge in [0.1, 0.15) is 17.9 Å². The minimum atomic E-state index is 0.521. The highest BCUT2D eigenvalue weighted by Crippen LogP contribution is 2.26. The third-order valence-corrected chi connectivity index (χ3v) is 3.13. The van der Waals surface area contributed by atoms with Gasteiger partial charge in [0.2, 0.25) is 5.88 Å². The van der Waals surface area contributed by atoms with Crippen LogP contribution in [-0.2, 0) is 0 Å². The van der Waals surface area contributed by atoms with Gasteiger partial charge in [0.05, 0.1) is 6.54 Å². The lowest BCUT2D eigenvalue weighted by molar-refractivity contribution is 0.461. The molecule has 0 radical (unpaired) electrons. The van der Waals surface area contributed by atoms with Crippen LogP contribution in [-0.4, -0.2) is 43.0 Å². The predicted octanol–water partition coefficient (Wildman–Crippen LogP) is 1.68. The number of anilines is 1. The smallest absolute Gasteiger partial charge is 0.222 e. The van der Waals surface area contributed by atoms with Gasteiger partial charge in [-0.2, -0.15) is 0 Å². The summed E-state index contributed by atoms with van der Waals surface area (Å²) in [5.74, 6) is 2.16. The summed E-state index contributed by atoms with van der Waals surface area (Å²) in [6, 6.07) is 7.75. The number of hydrogen-bond acceptors (Lipinski definition) is 6. The Morgan fingerprint density at radius 3 is 2.81 bits per heavy atom. The number of nitrogens with one attached hydrogen (secondary N) is 1. The Hall–Kier alpha value is -2.63. The van der Waals surface area contributed by atoms with Gasteiger partial charge >= 0.3 is 0 Å². The Kier molecular flexibility index (Phi) is 3.68. The van der Waals surface area contributed by atoms with E-state index in [4.69, 9.17) is 4.74 Å².